The number of piperidine rings is 1. The van der Waals surface area contributed by atoms with Gasteiger partial charge < -0.3 is 4.90 Å². The molecular formula is C19H17N3O3. The molecule has 1 fully saturated rings. The van der Waals surface area contributed by atoms with Crippen LogP contribution in [0.5, 0.6) is 0 Å². The van der Waals surface area contributed by atoms with E-state index in [1.165, 1.54) is 0 Å². The minimum absolute atomic E-state index is 0.159. The summed E-state index contributed by atoms with van der Waals surface area (Å²) in [5.41, 5.74) is 4.40. The van der Waals surface area contributed by atoms with Crippen molar-refractivity contribution < 1.29 is 14.4 Å². The topological polar surface area (TPSA) is 79.4 Å². The van der Waals surface area contributed by atoms with Gasteiger partial charge in [0.15, 0.2) is 0 Å². The Kier molecular flexibility index (Phi) is 3.60. The molecule has 3 amide bonds. The lowest BCUT2D eigenvalue weighted by molar-refractivity contribution is -0.136. The van der Waals surface area contributed by atoms with Crippen molar-refractivity contribution in [3.8, 4) is 11.3 Å². The number of aryl methyl sites for hydroxylation is 1. The smallest absolute Gasteiger partial charge is 0.255 e. The minimum Gasteiger partial charge on any atom is -0.322 e. The van der Waals surface area contributed by atoms with Crippen molar-refractivity contribution in [3.05, 3.63) is 53.2 Å². The zero-order chi connectivity index (χ0) is 17.6. The van der Waals surface area contributed by atoms with Crippen LogP contribution in [0.25, 0.3) is 11.3 Å². The Hall–Kier alpha value is -3.02. The largest absolute Gasteiger partial charge is 0.322 e. The van der Waals surface area contributed by atoms with Gasteiger partial charge in [-0.3, -0.25) is 24.7 Å². The molecule has 0 aliphatic carbocycles. The number of hydrogen-bond acceptors (Lipinski definition) is 4. The first-order chi connectivity index (χ1) is 12.0. The van der Waals surface area contributed by atoms with Crippen molar-refractivity contribution in [3.63, 3.8) is 0 Å². The first-order valence-corrected chi connectivity index (χ1v) is 8.24. The molecule has 25 heavy (non-hydrogen) atoms. The van der Waals surface area contributed by atoms with Gasteiger partial charge in [0, 0.05) is 30.3 Å². The molecule has 6 nitrogen and oxygen atoms in total. The predicted octanol–water partition coefficient (Wildman–Crippen LogP) is 1.82. The van der Waals surface area contributed by atoms with E-state index in [-0.39, 0.29) is 18.2 Å². The Labute approximate surface area is 144 Å². The second-order valence-electron chi connectivity index (χ2n) is 6.44. The summed E-state index contributed by atoms with van der Waals surface area (Å²) < 4.78 is 0. The molecule has 2 aliphatic heterocycles. The molecule has 126 valence electrons. The number of rotatable bonds is 2. The van der Waals surface area contributed by atoms with Gasteiger partial charge in [0.05, 0.1) is 5.69 Å². The van der Waals surface area contributed by atoms with E-state index >= 15 is 0 Å². The van der Waals surface area contributed by atoms with Gasteiger partial charge in [-0.1, -0.05) is 12.1 Å². The fourth-order valence-corrected chi connectivity index (χ4v) is 3.51. The third-order valence-electron chi connectivity index (χ3n) is 4.81. The second kappa shape index (κ2) is 5.81. The van der Waals surface area contributed by atoms with Crippen LogP contribution in [0, 0.1) is 6.92 Å². The van der Waals surface area contributed by atoms with Gasteiger partial charge in [-0.2, -0.15) is 0 Å². The monoisotopic (exact) mass is 335 g/mol. The zero-order valence-electron chi connectivity index (χ0n) is 13.8. The van der Waals surface area contributed by atoms with Gasteiger partial charge in [0.1, 0.15) is 6.04 Å². The van der Waals surface area contributed by atoms with Gasteiger partial charge in [-0.15, -0.1) is 0 Å². The van der Waals surface area contributed by atoms with Crippen molar-refractivity contribution in [1.29, 1.82) is 0 Å². The van der Waals surface area contributed by atoms with E-state index in [0.29, 0.717) is 18.5 Å². The quantitative estimate of drug-likeness (QED) is 0.849. The van der Waals surface area contributed by atoms with E-state index in [4.69, 9.17) is 0 Å². The number of hydrogen-bond donors (Lipinski definition) is 1. The average Bonchev–Trinajstić information content (AvgIpc) is 2.91. The van der Waals surface area contributed by atoms with Crippen LogP contribution >= 0.6 is 0 Å². The number of aromatic nitrogens is 1. The van der Waals surface area contributed by atoms with E-state index in [9.17, 15) is 14.4 Å². The Bertz CT molecular complexity index is 907. The summed E-state index contributed by atoms with van der Waals surface area (Å²) in [6, 6.07) is 8.95. The van der Waals surface area contributed by atoms with Gasteiger partial charge in [0.2, 0.25) is 11.8 Å². The van der Waals surface area contributed by atoms with E-state index in [1.54, 1.807) is 17.2 Å². The van der Waals surface area contributed by atoms with Gasteiger partial charge in [-0.25, -0.2) is 0 Å². The summed E-state index contributed by atoms with van der Waals surface area (Å²) in [5, 5.41) is 2.32. The molecule has 1 atom stereocenters. The summed E-state index contributed by atoms with van der Waals surface area (Å²) in [6.07, 6.45) is 2.38. The molecule has 1 N–H and O–H groups in total. The number of pyridine rings is 1. The van der Waals surface area contributed by atoms with Crippen LogP contribution in [-0.4, -0.2) is 33.6 Å². The maximum atomic E-state index is 12.7. The number of amides is 3. The molecule has 0 saturated carbocycles. The first-order valence-electron chi connectivity index (χ1n) is 8.24. The molecule has 4 rings (SSSR count). The van der Waals surface area contributed by atoms with Crippen LogP contribution < -0.4 is 5.32 Å². The van der Waals surface area contributed by atoms with Crippen LogP contribution in [0.15, 0.2) is 36.5 Å². The summed E-state index contributed by atoms with van der Waals surface area (Å²) in [5.74, 6) is -0.828. The Balaban J connectivity index is 1.65. The van der Waals surface area contributed by atoms with Crippen LogP contribution in [0.3, 0.4) is 0 Å². The average molecular weight is 335 g/mol. The first kappa shape index (κ1) is 15.5. The lowest BCUT2D eigenvalue weighted by atomic mass is 10.0. The number of benzene rings is 1. The molecule has 0 spiro atoms. The number of carbonyl (C=O) groups excluding carboxylic acids is 3. The molecule has 2 aliphatic rings. The molecule has 1 unspecified atom stereocenters. The van der Waals surface area contributed by atoms with E-state index in [2.05, 4.69) is 10.3 Å². The molecular weight excluding hydrogens is 318 g/mol. The van der Waals surface area contributed by atoms with Crippen LogP contribution in [0.4, 0.5) is 0 Å². The van der Waals surface area contributed by atoms with Gasteiger partial charge in [-0.05, 0) is 42.7 Å². The maximum absolute atomic E-state index is 12.7. The molecule has 1 saturated heterocycles. The summed E-state index contributed by atoms with van der Waals surface area (Å²) >= 11 is 0. The van der Waals surface area contributed by atoms with Crippen molar-refractivity contribution in [2.45, 2.75) is 32.4 Å². The third kappa shape index (κ3) is 2.59. The van der Waals surface area contributed by atoms with Crippen molar-refractivity contribution in [1.82, 2.24) is 15.2 Å². The van der Waals surface area contributed by atoms with E-state index in [1.807, 2.05) is 31.2 Å². The van der Waals surface area contributed by atoms with Crippen molar-refractivity contribution >= 4 is 17.7 Å². The molecule has 1 aromatic heterocycles. The Morgan fingerprint density at radius 3 is 2.80 bits per heavy atom. The van der Waals surface area contributed by atoms with Crippen LogP contribution in [0.1, 0.15) is 34.3 Å². The zero-order valence-corrected chi connectivity index (χ0v) is 13.8. The number of imide groups is 1. The van der Waals surface area contributed by atoms with Crippen LogP contribution in [0.2, 0.25) is 0 Å². The van der Waals surface area contributed by atoms with Gasteiger partial charge in [0.25, 0.3) is 5.91 Å². The summed E-state index contributed by atoms with van der Waals surface area (Å²) in [6.45, 7) is 2.37. The van der Waals surface area contributed by atoms with E-state index < -0.39 is 11.9 Å². The highest BCUT2D eigenvalue weighted by Crippen LogP contribution is 2.31. The lowest BCUT2D eigenvalue weighted by Gasteiger charge is -2.29. The number of carbonyl (C=O) groups is 3. The summed E-state index contributed by atoms with van der Waals surface area (Å²) in [7, 11) is 0. The maximum Gasteiger partial charge on any atom is 0.255 e. The molecule has 0 radical (unpaired) electrons. The number of nitrogens with zero attached hydrogens (tertiary/aromatic N) is 2. The molecule has 6 heteroatoms. The Morgan fingerprint density at radius 1 is 1.20 bits per heavy atom. The van der Waals surface area contributed by atoms with Crippen molar-refractivity contribution in [2.24, 2.45) is 0 Å². The highest BCUT2D eigenvalue weighted by molar-refractivity contribution is 6.05. The second-order valence-corrected chi connectivity index (χ2v) is 6.44. The summed E-state index contributed by atoms with van der Waals surface area (Å²) in [4.78, 5) is 42.1. The van der Waals surface area contributed by atoms with E-state index in [0.717, 1.165) is 22.4 Å². The van der Waals surface area contributed by atoms with Crippen molar-refractivity contribution in [2.75, 3.05) is 0 Å². The standard InChI is InChI=1S/C19H17N3O3/c1-11-3-2-8-20-17(11)12-4-5-14-13(9-12)10-22(19(14)25)15-6-7-16(23)21-18(15)24/h2-5,8-9,15H,6-7,10H2,1H3,(H,21,23,24). The number of fused-ring (bicyclic) bond motifs is 1. The SMILES string of the molecule is Cc1cccnc1-c1ccc2c(c1)CN(C1CCC(=O)NC1=O)C2=O. The molecule has 3 heterocycles. The normalized spacial score (nSPS) is 19.8. The highest BCUT2D eigenvalue weighted by atomic mass is 16.2. The number of nitrogens with one attached hydrogen (secondary N) is 1. The van der Waals surface area contributed by atoms with Crippen LogP contribution in [-0.2, 0) is 16.1 Å². The minimum atomic E-state index is -0.586. The third-order valence-corrected chi connectivity index (χ3v) is 4.81. The molecule has 0 bridgehead atoms. The Morgan fingerprint density at radius 2 is 2.04 bits per heavy atom. The van der Waals surface area contributed by atoms with Gasteiger partial charge >= 0.3 is 0 Å². The predicted molar refractivity (Wildman–Crippen MR) is 90.5 cm³/mol. The highest BCUT2D eigenvalue weighted by Gasteiger charge is 2.39. The lowest BCUT2D eigenvalue weighted by Crippen LogP contribution is -2.52. The molecule has 2 aromatic rings. The fraction of sp³-hybridized carbons (Fsp3) is 0.263. The fourth-order valence-electron chi connectivity index (χ4n) is 3.51. The molecule has 1 aromatic carbocycles.